The molecule has 1 heterocycles. The number of benzene rings is 3. The highest BCUT2D eigenvalue weighted by atomic mass is 35.5. The maximum atomic E-state index is 12.3. The molecule has 1 fully saturated rings. The number of esters is 1. The summed E-state index contributed by atoms with van der Waals surface area (Å²) in [6.45, 7) is -0.487. The summed E-state index contributed by atoms with van der Waals surface area (Å²) >= 11 is 6.08. The van der Waals surface area contributed by atoms with Crippen molar-refractivity contribution < 1.29 is 28.7 Å². The van der Waals surface area contributed by atoms with Crippen molar-refractivity contribution in [1.82, 2.24) is 5.43 Å². The molecular weight excluding hydrogens is 474 g/mol. The largest absolute Gasteiger partial charge is 0.456 e. The minimum Gasteiger partial charge on any atom is -0.456 e. The van der Waals surface area contributed by atoms with E-state index >= 15 is 0 Å². The second-order valence-electron chi connectivity index (χ2n) is 7.49. The molecule has 3 amide bonds. The van der Waals surface area contributed by atoms with Crippen LogP contribution in [0.15, 0.2) is 72.8 Å². The van der Waals surface area contributed by atoms with Gasteiger partial charge in [0, 0.05) is 18.5 Å². The minimum absolute atomic E-state index is 0.113. The summed E-state index contributed by atoms with van der Waals surface area (Å²) in [4.78, 5) is 47.9. The van der Waals surface area contributed by atoms with Gasteiger partial charge in [-0.05, 0) is 60.7 Å². The number of nitrogens with one attached hydrogen (secondary N) is 2. The lowest BCUT2D eigenvalue weighted by Gasteiger charge is -2.27. The lowest BCUT2D eigenvalue weighted by molar-refractivity contribution is -0.130. The van der Waals surface area contributed by atoms with Gasteiger partial charge in [-0.3, -0.25) is 19.8 Å². The number of hydrogen-bond acceptors (Lipinski definition) is 6. The van der Waals surface area contributed by atoms with Crippen LogP contribution in [0.3, 0.4) is 0 Å². The van der Waals surface area contributed by atoms with E-state index < -0.39 is 18.5 Å². The number of anilines is 2. The van der Waals surface area contributed by atoms with Crippen molar-refractivity contribution in [3.05, 3.63) is 83.4 Å². The number of hydrazine groups is 1. The maximum Gasteiger partial charge on any atom is 0.338 e. The predicted molar refractivity (Wildman–Crippen MR) is 128 cm³/mol. The van der Waals surface area contributed by atoms with Gasteiger partial charge < -0.3 is 14.8 Å². The monoisotopic (exact) mass is 493 g/mol. The molecule has 0 radical (unpaired) electrons. The second-order valence-corrected chi connectivity index (χ2v) is 7.90. The van der Waals surface area contributed by atoms with Crippen LogP contribution in [0.25, 0.3) is 0 Å². The van der Waals surface area contributed by atoms with Gasteiger partial charge >= 0.3 is 5.97 Å². The molecule has 9 nitrogen and oxygen atoms in total. The summed E-state index contributed by atoms with van der Waals surface area (Å²) in [6, 6.07) is 19.6. The van der Waals surface area contributed by atoms with Crippen molar-refractivity contribution in [3.8, 4) is 11.5 Å². The predicted octanol–water partition coefficient (Wildman–Crippen LogP) is 4.09. The number of carbonyl (C=O) groups excluding carboxylic acids is 4. The first-order valence-electron chi connectivity index (χ1n) is 10.6. The number of carbonyl (C=O) groups is 4. The molecule has 3 aromatic rings. The van der Waals surface area contributed by atoms with Gasteiger partial charge in [0.1, 0.15) is 11.5 Å². The molecule has 1 aliphatic rings. The van der Waals surface area contributed by atoms with Crippen LogP contribution in [0.5, 0.6) is 11.5 Å². The summed E-state index contributed by atoms with van der Waals surface area (Å²) in [6.07, 6.45) is 0.254. The van der Waals surface area contributed by atoms with Gasteiger partial charge in [-0.1, -0.05) is 23.7 Å². The molecule has 0 aliphatic carbocycles. The first kappa shape index (κ1) is 23.8. The van der Waals surface area contributed by atoms with Crippen molar-refractivity contribution in [2.45, 2.75) is 12.8 Å². The molecule has 0 saturated carbocycles. The Morgan fingerprint density at radius 1 is 0.943 bits per heavy atom. The summed E-state index contributed by atoms with van der Waals surface area (Å²) in [7, 11) is 0. The lowest BCUT2D eigenvalue weighted by Crippen LogP contribution is -2.50. The van der Waals surface area contributed by atoms with Crippen LogP contribution in [0.2, 0.25) is 5.02 Å². The van der Waals surface area contributed by atoms with Gasteiger partial charge in [0.15, 0.2) is 6.61 Å². The fourth-order valence-corrected chi connectivity index (χ4v) is 3.38. The number of rotatable bonds is 7. The van der Waals surface area contributed by atoms with Crippen LogP contribution in [0.4, 0.5) is 11.4 Å². The van der Waals surface area contributed by atoms with Crippen molar-refractivity contribution in [1.29, 1.82) is 0 Å². The zero-order chi connectivity index (χ0) is 24.8. The SMILES string of the molecule is O=C(COC(=O)c1ccc(N2NC(=O)CCC2=O)cc1)Nc1ccc(Oc2ccccc2Cl)cc1. The van der Waals surface area contributed by atoms with Crippen LogP contribution in [-0.2, 0) is 19.1 Å². The van der Waals surface area contributed by atoms with Gasteiger partial charge in [0.25, 0.3) is 5.91 Å². The van der Waals surface area contributed by atoms with E-state index in [9.17, 15) is 19.2 Å². The molecule has 0 atom stereocenters. The number of halogens is 1. The smallest absolute Gasteiger partial charge is 0.338 e. The van der Waals surface area contributed by atoms with Crippen LogP contribution in [-0.4, -0.2) is 30.3 Å². The summed E-state index contributed by atoms with van der Waals surface area (Å²) < 4.78 is 10.8. The zero-order valence-corrected chi connectivity index (χ0v) is 19.1. The Balaban J connectivity index is 1.27. The highest BCUT2D eigenvalue weighted by Crippen LogP contribution is 2.29. The van der Waals surface area contributed by atoms with Crippen molar-refractivity contribution in [2.24, 2.45) is 0 Å². The Bertz CT molecular complexity index is 1260. The van der Waals surface area contributed by atoms with Crippen molar-refractivity contribution in [2.75, 3.05) is 16.9 Å². The number of hydrogen-bond donors (Lipinski definition) is 2. The Morgan fingerprint density at radius 3 is 2.37 bits per heavy atom. The van der Waals surface area contributed by atoms with E-state index in [1.807, 2.05) is 0 Å². The molecule has 0 spiro atoms. The molecule has 1 saturated heterocycles. The highest BCUT2D eigenvalue weighted by molar-refractivity contribution is 6.32. The van der Waals surface area contributed by atoms with E-state index in [1.54, 1.807) is 48.5 Å². The molecule has 10 heteroatoms. The lowest BCUT2D eigenvalue weighted by atomic mass is 10.2. The van der Waals surface area contributed by atoms with Gasteiger partial charge in [0.2, 0.25) is 11.8 Å². The van der Waals surface area contributed by atoms with E-state index in [4.69, 9.17) is 21.1 Å². The van der Waals surface area contributed by atoms with E-state index in [2.05, 4.69) is 10.7 Å². The maximum absolute atomic E-state index is 12.3. The van der Waals surface area contributed by atoms with Gasteiger partial charge in [-0.2, -0.15) is 0 Å². The third kappa shape index (κ3) is 6.15. The fourth-order valence-electron chi connectivity index (χ4n) is 3.20. The second kappa shape index (κ2) is 10.7. The zero-order valence-electron chi connectivity index (χ0n) is 18.3. The highest BCUT2D eigenvalue weighted by Gasteiger charge is 2.24. The number of nitrogens with zero attached hydrogens (tertiary/aromatic N) is 1. The van der Waals surface area contributed by atoms with Gasteiger partial charge in [-0.15, -0.1) is 0 Å². The molecule has 2 N–H and O–H groups in total. The first-order chi connectivity index (χ1) is 16.9. The van der Waals surface area contributed by atoms with Crippen LogP contribution >= 0.6 is 11.6 Å². The molecule has 35 heavy (non-hydrogen) atoms. The molecule has 0 unspecified atom stereocenters. The topological polar surface area (TPSA) is 114 Å². The quantitative estimate of drug-likeness (QED) is 0.479. The van der Waals surface area contributed by atoms with E-state index in [0.717, 1.165) is 5.01 Å². The molecule has 4 rings (SSSR count). The number of para-hydroxylation sites is 1. The van der Waals surface area contributed by atoms with E-state index in [0.29, 0.717) is 27.9 Å². The van der Waals surface area contributed by atoms with Crippen molar-refractivity contribution >= 4 is 46.7 Å². The van der Waals surface area contributed by atoms with Gasteiger partial charge in [-0.25, -0.2) is 9.80 Å². The summed E-state index contributed by atoms with van der Waals surface area (Å²) in [5, 5.41) is 4.25. The minimum atomic E-state index is -0.704. The standard InChI is InChI=1S/C25H20ClN3O6/c26-20-3-1-2-4-21(20)35-19-11-7-17(8-12-19)27-23(31)15-34-25(33)16-5-9-18(10-6-16)29-24(32)14-13-22(30)28-29/h1-12H,13-15H2,(H,27,31)(H,28,30). The molecule has 0 aromatic heterocycles. The Hall–Kier alpha value is -4.37. The normalized spacial score (nSPS) is 13.1. The third-order valence-corrected chi connectivity index (χ3v) is 5.26. The average molecular weight is 494 g/mol. The Labute approximate surface area is 205 Å². The van der Waals surface area contributed by atoms with E-state index in [-0.39, 0.29) is 30.2 Å². The van der Waals surface area contributed by atoms with Crippen LogP contribution in [0.1, 0.15) is 23.2 Å². The van der Waals surface area contributed by atoms with Crippen molar-refractivity contribution in [3.63, 3.8) is 0 Å². The molecule has 178 valence electrons. The van der Waals surface area contributed by atoms with Crippen LogP contribution < -0.4 is 20.5 Å². The Morgan fingerprint density at radius 2 is 1.66 bits per heavy atom. The molecular formula is C25H20ClN3O6. The molecule has 1 aliphatic heterocycles. The summed E-state index contributed by atoms with van der Waals surface area (Å²) in [5.41, 5.74) is 3.58. The number of amides is 3. The fraction of sp³-hybridized carbons (Fsp3) is 0.120. The average Bonchev–Trinajstić information content (AvgIpc) is 2.87. The first-order valence-corrected chi connectivity index (χ1v) is 11.0. The van der Waals surface area contributed by atoms with Gasteiger partial charge in [0.05, 0.1) is 16.3 Å². The third-order valence-electron chi connectivity index (χ3n) is 4.95. The summed E-state index contributed by atoms with van der Waals surface area (Å²) in [5.74, 6) is -0.683. The Kier molecular flexibility index (Phi) is 7.27. The molecule has 0 bridgehead atoms. The van der Waals surface area contributed by atoms with Crippen LogP contribution in [0, 0.1) is 0 Å². The van der Waals surface area contributed by atoms with E-state index in [1.165, 1.54) is 24.3 Å². The number of ether oxygens (including phenoxy) is 2. The molecule has 3 aromatic carbocycles.